The summed E-state index contributed by atoms with van der Waals surface area (Å²) in [4.78, 5) is 10.8. The number of carboxylic acids is 1. The molecular weight excluding hydrogens is 256 g/mol. The Morgan fingerprint density at radius 2 is 1.80 bits per heavy atom. The summed E-state index contributed by atoms with van der Waals surface area (Å²) in [6.45, 7) is 0. The average Bonchev–Trinajstić information content (AvgIpc) is 2.27. The van der Waals surface area contributed by atoms with Crippen LogP contribution in [0.2, 0.25) is 0 Å². The van der Waals surface area contributed by atoms with Crippen LogP contribution in [0.5, 0.6) is 0 Å². The van der Waals surface area contributed by atoms with Crippen LogP contribution in [0.25, 0.3) is 10.8 Å². The van der Waals surface area contributed by atoms with Gasteiger partial charge in [0.25, 0.3) is 0 Å². The molecule has 0 atom stereocenters. The Kier molecular flexibility index (Phi) is 2.73. The number of rotatable bonds is 2. The maximum atomic E-state index is 10.8. The van der Waals surface area contributed by atoms with Crippen molar-refractivity contribution >= 4 is 32.7 Å². The number of hydrogen-bond donors (Lipinski definition) is 1. The molecule has 3 heteroatoms. The number of carboxylic acid groups (broad SMARTS) is 1. The first-order chi connectivity index (χ1) is 7.20. The van der Waals surface area contributed by atoms with Gasteiger partial charge in [0, 0.05) is 5.33 Å². The van der Waals surface area contributed by atoms with E-state index in [4.69, 9.17) is 5.11 Å². The van der Waals surface area contributed by atoms with Crippen LogP contribution in [-0.4, -0.2) is 11.1 Å². The first kappa shape index (κ1) is 10.2. The molecule has 76 valence electrons. The van der Waals surface area contributed by atoms with E-state index < -0.39 is 5.97 Å². The molecule has 0 aliphatic heterocycles. The monoisotopic (exact) mass is 264 g/mol. The Labute approximate surface area is 95.7 Å². The molecule has 2 rings (SSSR count). The predicted molar refractivity (Wildman–Crippen MR) is 63.5 cm³/mol. The normalized spacial score (nSPS) is 10.5. The molecule has 0 fully saturated rings. The highest BCUT2D eigenvalue weighted by molar-refractivity contribution is 9.08. The molecule has 0 unspecified atom stereocenters. The van der Waals surface area contributed by atoms with Gasteiger partial charge >= 0.3 is 5.97 Å². The van der Waals surface area contributed by atoms with Crippen molar-refractivity contribution in [2.75, 3.05) is 0 Å². The Morgan fingerprint density at radius 3 is 2.47 bits per heavy atom. The van der Waals surface area contributed by atoms with E-state index in [0.717, 1.165) is 16.1 Å². The lowest BCUT2D eigenvalue weighted by atomic mass is 10.1. The summed E-state index contributed by atoms with van der Waals surface area (Å²) in [7, 11) is 0. The number of halogens is 1. The minimum atomic E-state index is -0.888. The van der Waals surface area contributed by atoms with Gasteiger partial charge in [0.15, 0.2) is 0 Å². The largest absolute Gasteiger partial charge is 0.478 e. The second-order valence-corrected chi connectivity index (χ2v) is 3.90. The zero-order valence-electron chi connectivity index (χ0n) is 7.90. The summed E-state index contributed by atoms with van der Waals surface area (Å²) < 4.78 is 0. The van der Waals surface area contributed by atoms with E-state index in [1.807, 2.05) is 18.2 Å². The quantitative estimate of drug-likeness (QED) is 0.844. The maximum Gasteiger partial charge on any atom is 0.335 e. The van der Waals surface area contributed by atoms with Crippen molar-refractivity contribution in [3.8, 4) is 0 Å². The molecule has 0 amide bonds. The van der Waals surface area contributed by atoms with Gasteiger partial charge in [-0.1, -0.05) is 40.2 Å². The Balaban J connectivity index is 2.59. The van der Waals surface area contributed by atoms with Crippen LogP contribution < -0.4 is 0 Å². The van der Waals surface area contributed by atoms with E-state index in [-0.39, 0.29) is 0 Å². The van der Waals surface area contributed by atoms with Crippen molar-refractivity contribution < 1.29 is 9.90 Å². The topological polar surface area (TPSA) is 37.3 Å². The van der Waals surface area contributed by atoms with Crippen molar-refractivity contribution in [2.24, 2.45) is 0 Å². The summed E-state index contributed by atoms with van der Waals surface area (Å²) in [5.74, 6) is -0.888. The van der Waals surface area contributed by atoms with Gasteiger partial charge in [-0.15, -0.1) is 0 Å². The van der Waals surface area contributed by atoms with Gasteiger partial charge in [0.1, 0.15) is 0 Å². The third-order valence-corrected chi connectivity index (χ3v) is 2.95. The lowest BCUT2D eigenvalue weighted by Gasteiger charge is -2.01. The molecule has 2 nitrogen and oxygen atoms in total. The van der Waals surface area contributed by atoms with Gasteiger partial charge in [-0.2, -0.15) is 0 Å². The molecule has 0 aromatic heterocycles. The van der Waals surface area contributed by atoms with Crippen LogP contribution >= 0.6 is 15.9 Å². The molecule has 0 aliphatic carbocycles. The summed E-state index contributed by atoms with van der Waals surface area (Å²) in [6, 6.07) is 11.1. The average molecular weight is 265 g/mol. The highest BCUT2D eigenvalue weighted by Crippen LogP contribution is 2.19. The third kappa shape index (κ3) is 2.02. The molecule has 0 bridgehead atoms. The van der Waals surface area contributed by atoms with Gasteiger partial charge in [-0.3, -0.25) is 0 Å². The fourth-order valence-corrected chi connectivity index (χ4v) is 1.86. The fraction of sp³-hybridized carbons (Fsp3) is 0.0833. The van der Waals surface area contributed by atoms with Gasteiger partial charge in [-0.25, -0.2) is 4.79 Å². The number of hydrogen-bond acceptors (Lipinski definition) is 1. The minimum Gasteiger partial charge on any atom is -0.478 e. The fourth-order valence-electron chi connectivity index (χ4n) is 1.51. The number of carbonyl (C=O) groups is 1. The highest BCUT2D eigenvalue weighted by atomic mass is 79.9. The Bertz CT molecular complexity index is 520. The van der Waals surface area contributed by atoms with E-state index >= 15 is 0 Å². The summed E-state index contributed by atoms with van der Waals surface area (Å²) in [6.07, 6.45) is 0. The number of alkyl halides is 1. The Hall–Kier alpha value is -1.35. The number of fused-ring (bicyclic) bond motifs is 1. The third-order valence-electron chi connectivity index (χ3n) is 2.31. The number of aromatic carboxylic acids is 1. The van der Waals surface area contributed by atoms with Crippen LogP contribution in [0.1, 0.15) is 15.9 Å². The van der Waals surface area contributed by atoms with Gasteiger partial charge in [0.05, 0.1) is 5.56 Å². The van der Waals surface area contributed by atoms with Crippen molar-refractivity contribution in [1.82, 2.24) is 0 Å². The standard InChI is InChI=1S/C12H9BrO2/c13-7-8-1-2-10-6-11(12(14)15)4-3-9(10)5-8/h1-6H,7H2,(H,14,15). The van der Waals surface area contributed by atoms with Crippen molar-refractivity contribution in [2.45, 2.75) is 5.33 Å². The van der Waals surface area contributed by atoms with Crippen molar-refractivity contribution in [3.05, 3.63) is 47.5 Å². The van der Waals surface area contributed by atoms with Gasteiger partial charge < -0.3 is 5.11 Å². The molecule has 0 spiro atoms. The first-order valence-corrected chi connectivity index (χ1v) is 5.65. The maximum absolute atomic E-state index is 10.8. The predicted octanol–water partition coefficient (Wildman–Crippen LogP) is 3.43. The van der Waals surface area contributed by atoms with Crippen molar-refractivity contribution in [3.63, 3.8) is 0 Å². The smallest absolute Gasteiger partial charge is 0.335 e. The zero-order valence-corrected chi connectivity index (χ0v) is 9.49. The lowest BCUT2D eigenvalue weighted by Crippen LogP contribution is -1.95. The summed E-state index contributed by atoms with van der Waals surface area (Å²) in [5, 5.41) is 11.7. The molecule has 0 saturated heterocycles. The lowest BCUT2D eigenvalue weighted by molar-refractivity contribution is 0.0697. The molecule has 0 saturated carbocycles. The second-order valence-electron chi connectivity index (χ2n) is 3.34. The molecule has 2 aromatic carbocycles. The van der Waals surface area contributed by atoms with Crippen LogP contribution in [0.3, 0.4) is 0 Å². The van der Waals surface area contributed by atoms with E-state index in [9.17, 15) is 4.79 Å². The van der Waals surface area contributed by atoms with Crippen LogP contribution in [0.4, 0.5) is 0 Å². The second kappa shape index (κ2) is 4.03. The molecule has 0 radical (unpaired) electrons. The summed E-state index contributed by atoms with van der Waals surface area (Å²) in [5.41, 5.74) is 1.51. The SMILES string of the molecule is O=C(O)c1ccc2cc(CBr)ccc2c1. The van der Waals surface area contributed by atoms with Crippen LogP contribution in [-0.2, 0) is 5.33 Å². The molecule has 1 N–H and O–H groups in total. The Morgan fingerprint density at radius 1 is 1.13 bits per heavy atom. The van der Waals surface area contributed by atoms with E-state index in [2.05, 4.69) is 22.0 Å². The van der Waals surface area contributed by atoms with Gasteiger partial charge in [0.2, 0.25) is 0 Å². The molecule has 0 aliphatic rings. The number of benzene rings is 2. The van der Waals surface area contributed by atoms with E-state index in [1.54, 1.807) is 12.1 Å². The van der Waals surface area contributed by atoms with Gasteiger partial charge in [-0.05, 0) is 28.5 Å². The first-order valence-electron chi connectivity index (χ1n) is 4.52. The zero-order chi connectivity index (χ0) is 10.8. The molecule has 0 heterocycles. The molecule has 15 heavy (non-hydrogen) atoms. The molecule has 2 aromatic rings. The molecular formula is C12H9BrO2. The van der Waals surface area contributed by atoms with Crippen LogP contribution in [0, 0.1) is 0 Å². The summed E-state index contributed by atoms with van der Waals surface area (Å²) >= 11 is 3.39. The minimum absolute atomic E-state index is 0.328. The van der Waals surface area contributed by atoms with Crippen LogP contribution in [0.15, 0.2) is 36.4 Å². The van der Waals surface area contributed by atoms with E-state index in [0.29, 0.717) is 5.56 Å². The van der Waals surface area contributed by atoms with Crippen molar-refractivity contribution in [1.29, 1.82) is 0 Å². The highest BCUT2D eigenvalue weighted by Gasteiger charge is 2.03. The van der Waals surface area contributed by atoms with E-state index in [1.165, 1.54) is 5.56 Å².